The standard InChI is InChI=1S/C14H25F3N4O2.HI/c1-13(2,3)23-12(22)20-10-5-8-21(9-10)11(18-4)19-7-6-14(15,16)17;/h10H,5-9H2,1-4H3,(H,18,19)(H,20,22);1H. The molecule has 1 unspecified atom stereocenters. The van der Waals surface area contributed by atoms with Gasteiger partial charge in [-0.25, -0.2) is 4.79 Å². The van der Waals surface area contributed by atoms with Gasteiger partial charge in [0.1, 0.15) is 5.60 Å². The molecule has 1 aliphatic rings. The van der Waals surface area contributed by atoms with E-state index in [0.29, 0.717) is 25.5 Å². The number of carbonyl (C=O) groups excluding carboxylic acids is 1. The lowest BCUT2D eigenvalue weighted by Gasteiger charge is -2.23. The van der Waals surface area contributed by atoms with Gasteiger partial charge in [-0.3, -0.25) is 4.99 Å². The topological polar surface area (TPSA) is 66.0 Å². The van der Waals surface area contributed by atoms with Gasteiger partial charge in [-0.2, -0.15) is 13.2 Å². The third-order valence-electron chi connectivity index (χ3n) is 3.11. The number of carbonyl (C=O) groups is 1. The summed E-state index contributed by atoms with van der Waals surface area (Å²) in [5.41, 5.74) is -0.572. The minimum atomic E-state index is -4.20. The first-order valence-electron chi connectivity index (χ1n) is 7.52. The molecule has 1 amide bonds. The molecule has 0 radical (unpaired) electrons. The smallest absolute Gasteiger partial charge is 0.407 e. The highest BCUT2D eigenvalue weighted by molar-refractivity contribution is 14.0. The third kappa shape index (κ3) is 9.38. The Balaban J connectivity index is 0.00000529. The Morgan fingerprint density at radius 1 is 1.33 bits per heavy atom. The van der Waals surface area contributed by atoms with E-state index >= 15 is 0 Å². The Kier molecular flexibility index (Phi) is 9.15. The minimum absolute atomic E-state index is 0. The largest absolute Gasteiger partial charge is 0.444 e. The fraction of sp³-hybridized carbons (Fsp3) is 0.857. The zero-order valence-corrected chi connectivity index (χ0v) is 16.7. The molecule has 1 aliphatic heterocycles. The van der Waals surface area contributed by atoms with Crippen molar-refractivity contribution in [2.75, 3.05) is 26.7 Å². The van der Waals surface area contributed by atoms with Crippen molar-refractivity contribution < 1.29 is 22.7 Å². The van der Waals surface area contributed by atoms with Crippen LogP contribution in [0.25, 0.3) is 0 Å². The Bertz CT molecular complexity index is 439. The van der Waals surface area contributed by atoms with Crippen LogP contribution in [0.2, 0.25) is 0 Å². The number of alkyl halides is 3. The van der Waals surface area contributed by atoms with Crippen LogP contribution in [-0.4, -0.2) is 61.5 Å². The Hall–Kier alpha value is -0.940. The molecule has 0 aromatic rings. The number of aliphatic imine (C=N–C) groups is 1. The average molecular weight is 466 g/mol. The lowest BCUT2D eigenvalue weighted by Crippen LogP contribution is -2.44. The number of rotatable bonds is 3. The Labute approximate surface area is 157 Å². The zero-order chi connectivity index (χ0) is 17.7. The SMILES string of the molecule is CN=C(NCCC(F)(F)F)N1CCC(NC(=O)OC(C)(C)C)C1.I. The molecule has 0 bridgehead atoms. The fourth-order valence-corrected chi connectivity index (χ4v) is 2.19. The summed E-state index contributed by atoms with van der Waals surface area (Å²) < 4.78 is 41.7. The molecule has 6 nitrogen and oxygen atoms in total. The summed E-state index contributed by atoms with van der Waals surface area (Å²) in [6, 6.07) is -0.119. The summed E-state index contributed by atoms with van der Waals surface area (Å²) in [5, 5.41) is 5.45. The monoisotopic (exact) mass is 466 g/mol. The summed E-state index contributed by atoms with van der Waals surface area (Å²) in [4.78, 5) is 17.5. The van der Waals surface area contributed by atoms with Gasteiger partial charge in [-0.05, 0) is 27.2 Å². The highest BCUT2D eigenvalue weighted by Gasteiger charge is 2.29. The second kappa shape index (κ2) is 9.52. The first kappa shape index (κ1) is 23.1. The Morgan fingerprint density at radius 3 is 2.46 bits per heavy atom. The van der Waals surface area contributed by atoms with Crippen LogP contribution >= 0.6 is 24.0 Å². The molecule has 1 rings (SSSR count). The highest BCUT2D eigenvalue weighted by atomic mass is 127. The summed E-state index contributed by atoms with van der Waals surface area (Å²) in [6.07, 6.45) is -4.93. The van der Waals surface area contributed by atoms with Crippen LogP contribution in [0.15, 0.2) is 4.99 Å². The number of nitrogens with one attached hydrogen (secondary N) is 2. The summed E-state index contributed by atoms with van der Waals surface area (Å²) >= 11 is 0. The van der Waals surface area contributed by atoms with Crippen LogP contribution in [0.3, 0.4) is 0 Å². The molecule has 24 heavy (non-hydrogen) atoms. The molecule has 0 saturated carbocycles. The first-order chi connectivity index (χ1) is 10.5. The van der Waals surface area contributed by atoms with E-state index in [4.69, 9.17) is 4.74 Å². The van der Waals surface area contributed by atoms with E-state index in [1.54, 1.807) is 20.8 Å². The molecule has 0 aromatic heterocycles. The number of hydrogen-bond donors (Lipinski definition) is 2. The lowest BCUT2D eigenvalue weighted by molar-refractivity contribution is -0.132. The number of nitrogens with zero attached hydrogens (tertiary/aromatic N) is 2. The van der Waals surface area contributed by atoms with Crippen molar-refractivity contribution in [1.82, 2.24) is 15.5 Å². The van der Waals surface area contributed by atoms with Gasteiger partial charge in [-0.15, -0.1) is 24.0 Å². The number of halogens is 4. The van der Waals surface area contributed by atoms with Gasteiger partial charge in [0.2, 0.25) is 0 Å². The molecular weight excluding hydrogens is 440 g/mol. The van der Waals surface area contributed by atoms with Crippen LogP contribution in [0, 0.1) is 0 Å². The van der Waals surface area contributed by atoms with Gasteiger partial charge < -0.3 is 20.3 Å². The van der Waals surface area contributed by atoms with Crippen LogP contribution in [0.5, 0.6) is 0 Å². The zero-order valence-electron chi connectivity index (χ0n) is 14.4. The molecule has 0 aromatic carbocycles. The maximum absolute atomic E-state index is 12.2. The predicted molar refractivity (Wildman–Crippen MR) is 96.8 cm³/mol. The quantitative estimate of drug-likeness (QED) is 0.382. The van der Waals surface area contributed by atoms with Gasteiger partial charge in [-0.1, -0.05) is 0 Å². The van der Waals surface area contributed by atoms with Crippen LogP contribution in [0.1, 0.15) is 33.6 Å². The van der Waals surface area contributed by atoms with Crippen molar-refractivity contribution in [3.8, 4) is 0 Å². The molecule has 10 heteroatoms. The maximum atomic E-state index is 12.2. The molecule has 1 fully saturated rings. The van der Waals surface area contributed by atoms with Crippen molar-refractivity contribution in [3.05, 3.63) is 0 Å². The number of guanidine groups is 1. The third-order valence-corrected chi connectivity index (χ3v) is 3.11. The normalized spacial score (nSPS) is 18.9. The average Bonchev–Trinajstić information content (AvgIpc) is 2.79. The highest BCUT2D eigenvalue weighted by Crippen LogP contribution is 2.18. The molecule has 1 atom stereocenters. The van der Waals surface area contributed by atoms with Gasteiger partial charge in [0.05, 0.1) is 12.5 Å². The van der Waals surface area contributed by atoms with E-state index in [9.17, 15) is 18.0 Å². The summed E-state index contributed by atoms with van der Waals surface area (Å²) in [5.74, 6) is 0.405. The number of likely N-dealkylation sites (tertiary alicyclic amines) is 1. The molecule has 2 N–H and O–H groups in total. The lowest BCUT2D eigenvalue weighted by atomic mass is 10.2. The number of hydrogen-bond acceptors (Lipinski definition) is 3. The maximum Gasteiger partial charge on any atom is 0.407 e. The summed E-state index contributed by atoms with van der Waals surface area (Å²) in [6.45, 7) is 6.19. The van der Waals surface area contributed by atoms with Crippen molar-refractivity contribution >= 4 is 36.0 Å². The Morgan fingerprint density at radius 2 is 1.96 bits per heavy atom. The minimum Gasteiger partial charge on any atom is -0.444 e. The van der Waals surface area contributed by atoms with Gasteiger partial charge in [0.15, 0.2) is 5.96 Å². The second-order valence-electron chi connectivity index (χ2n) is 6.42. The number of amides is 1. The van der Waals surface area contributed by atoms with Crippen LogP contribution in [-0.2, 0) is 4.74 Å². The first-order valence-corrected chi connectivity index (χ1v) is 7.52. The van der Waals surface area contributed by atoms with E-state index in [1.807, 2.05) is 4.90 Å². The predicted octanol–water partition coefficient (Wildman–Crippen LogP) is 2.73. The molecule has 1 saturated heterocycles. The van der Waals surface area contributed by atoms with E-state index in [0.717, 1.165) is 0 Å². The van der Waals surface area contributed by atoms with E-state index in [-0.39, 0.29) is 36.6 Å². The molecule has 0 aliphatic carbocycles. The summed E-state index contributed by atoms with van der Waals surface area (Å²) in [7, 11) is 1.52. The molecule has 0 spiro atoms. The van der Waals surface area contributed by atoms with E-state index < -0.39 is 24.3 Å². The van der Waals surface area contributed by atoms with Crippen LogP contribution in [0.4, 0.5) is 18.0 Å². The van der Waals surface area contributed by atoms with Gasteiger partial charge in [0.25, 0.3) is 0 Å². The fourth-order valence-electron chi connectivity index (χ4n) is 2.19. The van der Waals surface area contributed by atoms with E-state index in [2.05, 4.69) is 15.6 Å². The van der Waals surface area contributed by atoms with Crippen LogP contribution < -0.4 is 10.6 Å². The molecular formula is C14H26F3IN4O2. The van der Waals surface area contributed by atoms with Crippen molar-refractivity contribution in [3.63, 3.8) is 0 Å². The molecule has 142 valence electrons. The second-order valence-corrected chi connectivity index (χ2v) is 6.42. The molecule has 1 heterocycles. The van der Waals surface area contributed by atoms with E-state index in [1.165, 1.54) is 7.05 Å². The van der Waals surface area contributed by atoms with Crippen molar-refractivity contribution in [2.24, 2.45) is 4.99 Å². The number of alkyl carbamates (subject to hydrolysis) is 1. The number of ether oxygens (including phenoxy) is 1. The van der Waals surface area contributed by atoms with Crippen molar-refractivity contribution in [2.45, 2.75) is 51.4 Å². The van der Waals surface area contributed by atoms with Gasteiger partial charge in [0, 0.05) is 26.7 Å². The van der Waals surface area contributed by atoms with Crippen molar-refractivity contribution in [1.29, 1.82) is 0 Å². The van der Waals surface area contributed by atoms with Gasteiger partial charge >= 0.3 is 12.3 Å².